The van der Waals surface area contributed by atoms with E-state index in [1.165, 1.54) is 24.3 Å². The van der Waals surface area contributed by atoms with E-state index in [0.717, 1.165) is 0 Å². The minimum Gasteiger partial charge on any atom is -0.258 e. The summed E-state index contributed by atoms with van der Waals surface area (Å²) in [7, 11) is 0. The molecule has 0 unspecified atom stereocenters. The van der Waals surface area contributed by atoms with Crippen LogP contribution in [-0.4, -0.2) is 9.85 Å². The largest absolute Gasteiger partial charge is 0.270 e. The molecule has 0 aliphatic heterocycles. The molecule has 0 fully saturated rings. The second-order valence-electron chi connectivity index (χ2n) is 4.72. The highest BCUT2D eigenvalue weighted by Gasteiger charge is 2.13. The van der Waals surface area contributed by atoms with Gasteiger partial charge in [-0.3, -0.25) is 20.2 Å². The molecule has 0 aromatic heterocycles. The number of rotatable bonds is 5. The van der Waals surface area contributed by atoms with Crippen LogP contribution < -0.4 is 0 Å². The van der Waals surface area contributed by atoms with E-state index in [9.17, 15) is 20.2 Å². The van der Waals surface area contributed by atoms with Crippen molar-refractivity contribution in [2.75, 3.05) is 0 Å². The lowest BCUT2D eigenvalue weighted by Gasteiger charge is -2.08. The van der Waals surface area contributed by atoms with E-state index in [1.54, 1.807) is 36.4 Å². The molecule has 2 aromatic carbocycles. The van der Waals surface area contributed by atoms with E-state index in [-0.39, 0.29) is 11.4 Å². The normalized spacial score (nSPS) is 10.5. The van der Waals surface area contributed by atoms with Crippen molar-refractivity contribution in [1.29, 1.82) is 0 Å². The lowest BCUT2D eigenvalue weighted by molar-refractivity contribution is -0.385. The summed E-state index contributed by atoms with van der Waals surface area (Å²) in [5, 5.41) is 21.9. The Morgan fingerprint density at radius 2 is 1.39 bits per heavy atom. The van der Waals surface area contributed by atoms with Crippen molar-refractivity contribution in [3.63, 3.8) is 0 Å². The molecule has 0 N–H and O–H groups in total. The SMILES string of the molecule is C/C=C/C=C(c1cccc([N+](=O)[O-])c1)c1cccc([N+](=O)[O-])c1. The molecule has 0 spiro atoms. The molecule has 0 aliphatic rings. The van der Waals surface area contributed by atoms with Crippen LogP contribution in [0.25, 0.3) is 5.57 Å². The standard InChI is InChI=1S/C17H14N2O4/c1-2-3-10-17(13-6-4-8-15(11-13)18(20)21)14-7-5-9-16(12-14)19(22)23/h2-12H,1H3/b3-2+. The minimum atomic E-state index is -0.468. The van der Waals surface area contributed by atoms with Crippen molar-refractivity contribution in [3.05, 3.63) is 98.1 Å². The Bertz CT molecular complexity index is 750. The summed E-state index contributed by atoms with van der Waals surface area (Å²) in [5.41, 5.74) is 1.87. The Hall–Kier alpha value is -3.28. The summed E-state index contributed by atoms with van der Waals surface area (Å²) in [6, 6.07) is 12.4. The van der Waals surface area contributed by atoms with E-state index in [2.05, 4.69) is 0 Å². The van der Waals surface area contributed by atoms with Crippen LogP contribution in [0.5, 0.6) is 0 Å². The first-order valence-electron chi connectivity index (χ1n) is 6.85. The predicted octanol–water partition coefficient (Wildman–Crippen LogP) is 4.51. The summed E-state index contributed by atoms with van der Waals surface area (Å²) >= 11 is 0. The summed E-state index contributed by atoms with van der Waals surface area (Å²) in [4.78, 5) is 21.0. The highest BCUT2D eigenvalue weighted by molar-refractivity contribution is 5.82. The van der Waals surface area contributed by atoms with Crippen LogP contribution in [0.3, 0.4) is 0 Å². The van der Waals surface area contributed by atoms with E-state index in [0.29, 0.717) is 16.7 Å². The molecule has 2 rings (SSSR count). The molecule has 6 heteroatoms. The van der Waals surface area contributed by atoms with Crippen LogP contribution in [0.2, 0.25) is 0 Å². The van der Waals surface area contributed by atoms with E-state index < -0.39 is 9.85 Å². The lowest BCUT2D eigenvalue weighted by Crippen LogP contribution is -1.94. The molecule has 0 saturated heterocycles. The third-order valence-corrected chi connectivity index (χ3v) is 3.19. The number of hydrogen-bond acceptors (Lipinski definition) is 4. The molecule has 0 bridgehead atoms. The summed E-state index contributed by atoms with van der Waals surface area (Å²) < 4.78 is 0. The van der Waals surface area contributed by atoms with Gasteiger partial charge < -0.3 is 0 Å². The van der Waals surface area contributed by atoms with Gasteiger partial charge in [0, 0.05) is 24.3 Å². The van der Waals surface area contributed by atoms with Gasteiger partial charge in [-0.15, -0.1) is 0 Å². The maximum absolute atomic E-state index is 11.0. The molecule has 0 heterocycles. The van der Waals surface area contributed by atoms with Crippen molar-refractivity contribution >= 4 is 16.9 Å². The number of hydrogen-bond donors (Lipinski definition) is 0. The fourth-order valence-electron chi connectivity index (χ4n) is 2.13. The van der Waals surface area contributed by atoms with Crippen molar-refractivity contribution in [1.82, 2.24) is 0 Å². The second-order valence-corrected chi connectivity index (χ2v) is 4.72. The molecule has 0 amide bonds. The zero-order chi connectivity index (χ0) is 16.8. The number of non-ortho nitro benzene ring substituents is 2. The molecule has 116 valence electrons. The first-order chi connectivity index (χ1) is 11.0. The van der Waals surface area contributed by atoms with Crippen molar-refractivity contribution in [3.8, 4) is 0 Å². The third-order valence-electron chi connectivity index (χ3n) is 3.19. The molecule has 23 heavy (non-hydrogen) atoms. The fraction of sp³-hybridized carbons (Fsp3) is 0.0588. The summed E-state index contributed by atoms with van der Waals surface area (Å²) in [6.45, 7) is 1.84. The zero-order valence-corrected chi connectivity index (χ0v) is 12.4. The number of benzene rings is 2. The molecular formula is C17H14N2O4. The quantitative estimate of drug-likeness (QED) is 0.462. The summed E-state index contributed by atoms with van der Waals surface area (Å²) in [5.74, 6) is 0. The van der Waals surface area contributed by atoms with Gasteiger partial charge in [0.15, 0.2) is 0 Å². The molecule has 0 aliphatic carbocycles. The smallest absolute Gasteiger partial charge is 0.258 e. The van der Waals surface area contributed by atoms with Crippen LogP contribution in [-0.2, 0) is 0 Å². The van der Waals surface area contributed by atoms with Crippen LogP contribution in [0.4, 0.5) is 11.4 Å². The van der Waals surface area contributed by atoms with Gasteiger partial charge in [0.1, 0.15) is 0 Å². The predicted molar refractivity (Wildman–Crippen MR) is 88.1 cm³/mol. The first kappa shape index (κ1) is 16.1. The molecule has 0 atom stereocenters. The molecule has 0 radical (unpaired) electrons. The molecule has 0 saturated carbocycles. The summed E-state index contributed by atoms with van der Waals surface area (Å²) in [6.07, 6.45) is 5.37. The Kier molecular flexibility index (Phi) is 4.99. The molecule has 6 nitrogen and oxygen atoms in total. The number of nitro benzene ring substituents is 2. The second kappa shape index (κ2) is 7.13. The average molecular weight is 310 g/mol. The Balaban J connectivity index is 2.59. The lowest BCUT2D eigenvalue weighted by atomic mass is 9.96. The van der Waals surface area contributed by atoms with Gasteiger partial charge in [-0.25, -0.2) is 0 Å². The van der Waals surface area contributed by atoms with Gasteiger partial charge in [-0.1, -0.05) is 42.5 Å². The molecule has 2 aromatic rings. The highest BCUT2D eigenvalue weighted by atomic mass is 16.6. The van der Waals surface area contributed by atoms with Gasteiger partial charge in [0.05, 0.1) is 9.85 Å². The minimum absolute atomic E-state index is 0.0284. The van der Waals surface area contributed by atoms with Crippen LogP contribution >= 0.6 is 0 Å². The van der Waals surface area contributed by atoms with Gasteiger partial charge in [0.2, 0.25) is 0 Å². The number of nitrogens with zero attached hydrogens (tertiary/aromatic N) is 2. The Morgan fingerprint density at radius 1 is 0.913 bits per heavy atom. The number of allylic oxidation sites excluding steroid dienone is 3. The van der Waals surface area contributed by atoms with Crippen LogP contribution in [0.1, 0.15) is 18.1 Å². The van der Waals surface area contributed by atoms with Crippen molar-refractivity contribution in [2.24, 2.45) is 0 Å². The Labute approximate surface area is 132 Å². The fourth-order valence-corrected chi connectivity index (χ4v) is 2.13. The average Bonchev–Trinajstić information content (AvgIpc) is 2.55. The van der Waals surface area contributed by atoms with Crippen molar-refractivity contribution < 1.29 is 9.85 Å². The van der Waals surface area contributed by atoms with Gasteiger partial charge >= 0.3 is 0 Å². The van der Waals surface area contributed by atoms with Gasteiger partial charge in [0.25, 0.3) is 11.4 Å². The zero-order valence-electron chi connectivity index (χ0n) is 12.4. The maximum atomic E-state index is 11.0. The van der Waals surface area contributed by atoms with Crippen molar-refractivity contribution in [2.45, 2.75) is 6.92 Å². The van der Waals surface area contributed by atoms with Crippen LogP contribution in [0.15, 0.2) is 66.8 Å². The Morgan fingerprint density at radius 3 is 1.78 bits per heavy atom. The maximum Gasteiger partial charge on any atom is 0.270 e. The topological polar surface area (TPSA) is 86.3 Å². The van der Waals surface area contributed by atoms with E-state index in [4.69, 9.17) is 0 Å². The van der Waals surface area contributed by atoms with E-state index in [1.807, 2.05) is 13.0 Å². The first-order valence-corrected chi connectivity index (χ1v) is 6.85. The highest BCUT2D eigenvalue weighted by Crippen LogP contribution is 2.28. The molecular weight excluding hydrogens is 296 g/mol. The van der Waals surface area contributed by atoms with Gasteiger partial charge in [-0.2, -0.15) is 0 Å². The van der Waals surface area contributed by atoms with E-state index >= 15 is 0 Å². The van der Waals surface area contributed by atoms with Crippen LogP contribution in [0, 0.1) is 20.2 Å². The van der Waals surface area contributed by atoms with Gasteiger partial charge in [-0.05, 0) is 23.6 Å². The monoisotopic (exact) mass is 310 g/mol. The number of nitro groups is 2. The third kappa shape index (κ3) is 3.88.